The molecule has 0 radical (unpaired) electrons. The van der Waals surface area contributed by atoms with Crippen LogP contribution in [0, 0.1) is 0 Å². The van der Waals surface area contributed by atoms with Crippen LogP contribution in [-0.4, -0.2) is 52.1 Å². The number of rotatable bonds is 9. The zero-order valence-corrected chi connectivity index (χ0v) is 22.7. The van der Waals surface area contributed by atoms with Gasteiger partial charge < -0.3 is 15.0 Å². The van der Waals surface area contributed by atoms with E-state index < -0.39 is 18.1 Å². The lowest BCUT2D eigenvalue weighted by Gasteiger charge is -2.16. The van der Waals surface area contributed by atoms with Gasteiger partial charge in [-0.2, -0.15) is 8.78 Å². The minimum Gasteiger partial charge on any atom is -0.435 e. The molecular weight excluding hydrogens is 528 g/mol. The lowest BCUT2D eigenvalue weighted by atomic mass is 10.0. The summed E-state index contributed by atoms with van der Waals surface area (Å²) < 4.78 is 31.4. The Balaban J connectivity index is 1.88. The molecule has 0 unspecified atom stereocenters. The van der Waals surface area contributed by atoms with Crippen molar-refractivity contribution >= 4 is 28.5 Å². The molecule has 2 aromatic heterocycles. The smallest absolute Gasteiger partial charge is 0.387 e. The molecule has 1 N–H and O–H groups in total. The van der Waals surface area contributed by atoms with Crippen molar-refractivity contribution in [3.63, 3.8) is 0 Å². The van der Waals surface area contributed by atoms with E-state index in [-0.39, 0.29) is 35.2 Å². The quantitative estimate of drug-likeness (QED) is 0.314. The summed E-state index contributed by atoms with van der Waals surface area (Å²) in [6.07, 6.45) is 1.59. The first kappa shape index (κ1) is 28.1. The number of fused-ring (bicyclic) bond motifs is 1. The third kappa shape index (κ3) is 6.96. The molecule has 8 nitrogen and oxygen atoms in total. The van der Waals surface area contributed by atoms with E-state index in [1.807, 2.05) is 31.1 Å². The van der Waals surface area contributed by atoms with E-state index in [0.29, 0.717) is 22.7 Å². The molecule has 1 amide bonds. The predicted molar refractivity (Wildman–Crippen MR) is 147 cm³/mol. The van der Waals surface area contributed by atoms with Gasteiger partial charge in [-0.3, -0.25) is 14.2 Å². The lowest BCUT2D eigenvalue weighted by molar-refractivity contribution is -0.122. The van der Waals surface area contributed by atoms with Crippen LogP contribution in [0.3, 0.4) is 0 Å². The third-order valence-electron chi connectivity index (χ3n) is 5.67. The number of amides is 1. The molecule has 0 spiro atoms. The summed E-state index contributed by atoms with van der Waals surface area (Å²) in [7, 11) is 3.91. The standard InChI is InChI=1S/C28H28ClF2N5O3/c1-16(2)33-24(37)15-36-26(18-6-5-7-22(11-18)39-28(30)31)34-25-23(27(36)38)12-20(13-32-25)19-8-17(14-35(3)4)9-21(29)10-19/h5-13,16,28H,14-15H2,1-4H3,(H,33,37). The van der Waals surface area contributed by atoms with E-state index in [9.17, 15) is 18.4 Å². The minimum absolute atomic E-state index is 0.0994. The Bertz CT molecular complexity index is 1570. The van der Waals surface area contributed by atoms with E-state index in [1.165, 1.54) is 22.8 Å². The van der Waals surface area contributed by atoms with E-state index in [1.54, 1.807) is 38.2 Å². The number of nitrogens with one attached hydrogen (secondary N) is 1. The summed E-state index contributed by atoms with van der Waals surface area (Å²) in [5.74, 6) is -0.406. The fourth-order valence-corrected chi connectivity index (χ4v) is 4.49. The van der Waals surface area contributed by atoms with E-state index in [2.05, 4.69) is 20.0 Å². The summed E-state index contributed by atoms with van der Waals surface area (Å²) in [6, 6.07) is 12.9. The predicted octanol–water partition coefficient (Wildman–Crippen LogP) is 4.97. The fourth-order valence-electron chi connectivity index (χ4n) is 4.23. The van der Waals surface area contributed by atoms with Crippen LogP contribution < -0.4 is 15.6 Å². The Hall–Kier alpha value is -3.89. The fraction of sp³-hybridized carbons (Fsp3) is 0.286. The molecule has 204 valence electrons. The van der Waals surface area contributed by atoms with Crippen LogP contribution in [0.15, 0.2) is 59.5 Å². The molecule has 0 bridgehead atoms. The monoisotopic (exact) mass is 555 g/mol. The maximum Gasteiger partial charge on any atom is 0.387 e. The second kappa shape index (κ2) is 11.9. The largest absolute Gasteiger partial charge is 0.435 e. The molecule has 0 saturated heterocycles. The van der Waals surface area contributed by atoms with Gasteiger partial charge in [-0.05, 0) is 75.5 Å². The van der Waals surface area contributed by atoms with Crippen LogP contribution in [0.4, 0.5) is 8.78 Å². The molecule has 0 fully saturated rings. The molecule has 39 heavy (non-hydrogen) atoms. The van der Waals surface area contributed by atoms with Crippen molar-refractivity contribution in [2.24, 2.45) is 0 Å². The van der Waals surface area contributed by atoms with E-state index >= 15 is 0 Å². The third-order valence-corrected chi connectivity index (χ3v) is 5.89. The van der Waals surface area contributed by atoms with Crippen LogP contribution in [-0.2, 0) is 17.9 Å². The first-order chi connectivity index (χ1) is 18.5. The molecule has 0 atom stereocenters. The second-order valence-electron chi connectivity index (χ2n) is 9.64. The first-order valence-corrected chi connectivity index (χ1v) is 12.6. The number of halogens is 3. The molecule has 0 aliphatic carbocycles. The molecule has 2 aromatic carbocycles. The first-order valence-electron chi connectivity index (χ1n) is 12.2. The van der Waals surface area contributed by atoms with Gasteiger partial charge in [0.1, 0.15) is 18.1 Å². The number of alkyl halides is 2. The zero-order chi connectivity index (χ0) is 28.3. The van der Waals surface area contributed by atoms with Crippen molar-refractivity contribution in [3.05, 3.63) is 75.7 Å². The number of pyridine rings is 1. The molecular formula is C28H28ClF2N5O3. The Morgan fingerprint density at radius 2 is 1.87 bits per heavy atom. The van der Waals surface area contributed by atoms with Crippen molar-refractivity contribution < 1.29 is 18.3 Å². The van der Waals surface area contributed by atoms with Crippen molar-refractivity contribution in [1.82, 2.24) is 24.8 Å². The van der Waals surface area contributed by atoms with Gasteiger partial charge >= 0.3 is 6.61 Å². The number of carbonyl (C=O) groups is 1. The van der Waals surface area contributed by atoms with Gasteiger partial charge in [-0.25, -0.2) is 9.97 Å². The second-order valence-corrected chi connectivity index (χ2v) is 10.1. The van der Waals surface area contributed by atoms with Gasteiger partial charge in [0.2, 0.25) is 5.91 Å². The highest BCUT2D eigenvalue weighted by molar-refractivity contribution is 6.31. The lowest BCUT2D eigenvalue weighted by Crippen LogP contribution is -2.37. The van der Waals surface area contributed by atoms with Gasteiger partial charge in [0, 0.05) is 34.9 Å². The topological polar surface area (TPSA) is 89.3 Å². The van der Waals surface area contributed by atoms with Crippen LogP contribution in [0.2, 0.25) is 5.02 Å². The summed E-state index contributed by atoms with van der Waals surface area (Å²) in [5, 5.41) is 3.51. The van der Waals surface area contributed by atoms with Crippen molar-refractivity contribution in [2.45, 2.75) is 39.6 Å². The van der Waals surface area contributed by atoms with Crippen molar-refractivity contribution in [1.29, 1.82) is 0 Å². The van der Waals surface area contributed by atoms with Gasteiger partial charge in [0.25, 0.3) is 5.56 Å². The van der Waals surface area contributed by atoms with Gasteiger partial charge in [0.15, 0.2) is 5.65 Å². The van der Waals surface area contributed by atoms with Crippen LogP contribution in [0.25, 0.3) is 33.5 Å². The highest BCUT2D eigenvalue weighted by atomic mass is 35.5. The van der Waals surface area contributed by atoms with E-state index in [0.717, 1.165) is 11.1 Å². The molecule has 0 saturated carbocycles. The van der Waals surface area contributed by atoms with Crippen LogP contribution >= 0.6 is 11.6 Å². The number of carbonyl (C=O) groups excluding carboxylic acids is 1. The summed E-state index contributed by atoms with van der Waals surface area (Å²) >= 11 is 6.37. The number of aromatic nitrogens is 3. The molecule has 0 aliphatic heterocycles. The maximum absolute atomic E-state index is 13.8. The number of nitrogens with zero attached hydrogens (tertiary/aromatic N) is 4. The normalized spacial score (nSPS) is 11.5. The Labute approximate surface area is 229 Å². The molecule has 4 aromatic rings. The van der Waals surface area contributed by atoms with E-state index in [4.69, 9.17) is 11.6 Å². The summed E-state index contributed by atoms with van der Waals surface area (Å²) in [5.41, 5.74) is 2.39. The SMILES string of the molecule is CC(C)NC(=O)Cn1c(-c2cccc(OC(F)F)c2)nc2ncc(-c3cc(Cl)cc(CN(C)C)c3)cc2c1=O. The Kier molecular flexibility index (Phi) is 8.57. The average Bonchev–Trinajstić information content (AvgIpc) is 2.84. The number of benzene rings is 2. The number of hydrogen-bond acceptors (Lipinski definition) is 6. The van der Waals surface area contributed by atoms with Gasteiger partial charge in [-0.1, -0.05) is 23.7 Å². The molecule has 4 rings (SSSR count). The molecule has 2 heterocycles. The number of ether oxygens (including phenoxy) is 1. The van der Waals surface area contributed by atoms with Gasteiger partial charge in [-0.15, -0.1) is 0 Å². The van der Waals surface area contributed by atoms with Crippen LogP contribution in [0.5, 0.6) is 5.75 Å². The zero-order valence-electron chi connectivity index (χ0n) is 21.9. The maximum atomic E-state index is 13.8. The number of hydrogen-bond donors (Lipinski definition) is 1. The molecule has 0 aliphatic rings. The Morgan fingerprint density at radius 1 is 1.10 bits per heavy atom. The highest BCUT2D eigenvalue weighted by Crippen LogP contribution is 2.28. The molecule has 11 heteroatoms. The summed E-state index contributed by atoms with van der Waals surface area (Å²) in [4.78, 5) is 37.5. The van der Waals surface area contributed by atoms with Crippen molar-refractivity contribution in [3.8, 4) is 28.3 Å². The van der Waals surface area contributed by atoms with Crippen molar-refractivity contribution in [2.75, 3.05) is 14.1 Å². The van der Waals surface area contributed by atoms with Crippen LogP contribution in [0.1, 0.15) is 19.4 Å². The Morgan fingerprint density at radius 3 is 2.56 bits per heavy atom. The highest BCUT2D eigenvalue weighted by Gasteiger charge is 2.19. The minimum atomic E-state index is -3.02. The summed E-state index contributed by atoms with van der Waals surface area (Å²) in [6.45, 7) is 0.928. The van der Waals surface area contributed by atoms with Gasteiger partial charge in [0.05, 0.1) is 5.39 Å². The average molecular weight is 556 g/mol.